The number of nitrogens with one attached hydrogen (secondary N) is 1. The molecule has 0 amide bonds. The van der Waals surface area contributed by atoms with Crippen molar-refractivity contribution < 1.29 is 43.0 Å². The van der Waals surface area contributed by atoms with Gasteiger partial charge in [0.1, 0.15) is 12.7 Å². The Morgan fingerprint density at radius 2 is 1.87 bits per heavy atom. The first-order chi connectivity index (χ1) is 14.2. The van der Waals surface area contributed by atoms with Gasteiger partial charge in [-0.15, -0.1) is 0 Å². The van der Waals surface area contributed by atoms with Crippen LogP contribution >= 0.6 is 0 Å². The molecule has 3 heterocycles. The van der Waals surface area contributed by atoms with Crippen molar-refractivity contribution in [3.8, 4) is 0 Å². The molecule has 4 atom stereocenters. The predicted octanol–water partition coefficient (Wildman–Crippen LogP) is -0.933. The standard InChI is InChI=1S/C17H19N3O10/c1-7(2)14(22)26-6-9-11-12(29-16(24)15(23)28-11)13(27-9)20-5-4-10(18-17(20)25)19-30-8(3)21/h4-5,7,9,11-13H,6H2,1-3H3,(H,18,19,25)/t9-,11?,12?,13-/m1/s1. The number of esters is 3. The van der Waals surface area contributed by atoms with Crippen LogP contribution in [-0.4, -0.2) is 58.3 Å². The Kier molecular flexibility index (Phi) is 6.01. The summed E-state index contributed by atoms with van der Waals surface area (Å²) in [6.07, 6.45) is -3.17. The molecule has 0 saturated carbocycles. The van der Waals surface area contributed by atoms with E-state index in [9.17, 15) is 24.0 Å². The molecule has 2 fully saturated rings. The van der Waals surface area contributed by atoms with Crippen LogP contribution in [0.2, 0.25) is 0 Å². The van der Waals surface area contributed by atoms with E-state index in [0.29, 0.717) is 0 Å². The van der Waals surface area contributed by atoms with Crippen molar-refractivity contribution in [2.45, 2.75) is 45.3 Å². The van der Waals surface area contributed by atoms with Gasteiger partial charge < -0.3 is 23.8 Å². The molecule has 2 aliphatic heterocycles. The highest BCUT2D eigenvalue weighted by atomic mass is 16.7. The first-order valence-electron chi connectivity index (χ1n) is 8.93. The fraction of sp³-hybridized carbons (Fsp3) is 0.529. The Morgan fingerprint density at radius 1 is 1.20 bits per heavy atom. The minimum Gasteiger partial charge on any atom is -0.463 e. The second kappa shape index (κ2) is 8.49. The maximum absolute atomic E-state index is 12.4. The highest BCUT2D eigenvalue weighted by Crippen LogP contribution is 2.35. The molecule has 1 aromatic heterocycles. The number of hydrogen-bond donors (Lipinski definition) is 1. The lowest BCUT2D eigenvalue weighted by Crippen LogP contribution is -2.49. The van der Waals surface area contributed by atoms with E-state index in [1.165, 1.54) is 12.3 Å². The molecule has 2 unspecified atom stereocenters. The molecule has 0 spiro atoms. The van der Waals surface area contributed by atoms with Crippen molar-refractivity contribution in [2.24, 2.45) is 5.92 Å². The van der Waals surface area contributed by atoms with Crippen molar-refractivity contribution in [1.82, 2.24) is 9.55 Å². The number of fused-ring (bicyclic) bond motifs is 1. The van der Waals surface area contributed by atoms with Crippen LogP contribution in [0.1, 0.15) is 27.0 Å². The Bertz CT molecular complexity index is 927. The number of aromatic nitrogens is 2. The van der Waals surface area contributed by atoms with Crippen LogP contribution in [0, 0.1) is 5.92 Å². The van der Waals surface area contributed by atoms with Gasteiger partial charge in [-0.1, -0.05) is 13.8 Å². The van der Waals surface area contributed by atoms with E-state index in [-0.39, 0.29) is 12.4 Å². The smallest absolute Gasteiger partial charge is 0.418 e. The maximum Gasteiger partial charge on any atom is 0.418 e. The second-order valence-electron chi connectivity index (χ2n) is 6.79. The summed E-state index contributed by atoms with van der Waals surface area (Å²) in [5, 5.41) is 0. The zero-order chi connectivity index (χ0) is 22.0. The average molecular weight is 425 g/mol. The molecule has 0 radical (unpaired) electrons. The number of nitrogens with zero attached hydrogens (tertiary/aromatic N) is 2. The van der Waals surface area contributed by atoms with Gasteiger partial charge in [-0.3, -0.25) is 14.2 Å². The lowest BCUT2D eigenvalue weighted by atomic mass is 10.1. The van der Waals surface area contributed by atoms with Crippen LogP contribution in [0.15, 0.2) is 17.1 Å². The Balaban J connectivity index is 1.82. The molecular weight excluding hydrogens is 406 g/mol. The van der Waals surface area contributed by atoms with Gasteiger partial charge in [-0.2, -0.15) is 4.98 Å². The Hall–Kier alpha value is -3.48. The first-order valence-corrected chi connectivity index (χ1v) is 8.93. The number of rotatable bonds is 6. The van der Waals surface area contributed by atoms with Gasteiger partial charge in [0.15, 0.2) is 24.3 Å². The van der Waals surface area contributed by atoms with E-state index < -0.39 is 60.0 Å². The third-order valence-electron chi connectivity index (χ3n) is 4.20. The quantitative estimate of drug-likeness (QED) is 0.258. The van der Waals surface area contributed by atoms with Crippen molar-refractivity contribution in [3.05, 3.63) is 22.7 Å². The largest absolute Gasteiger partial charge is 0.463 e. The lowest BCUT2D eigenvalue weighted by molar-refractivity contribution is -0.195. The SMILES string of the molecule is CC(=O)ONc1ccn([C@@H]2O[C@H](COC(=O)C(C)C)C3OC(=O)C(=O)OC32)c(=O)n1. The van der Waals surface area contributed by atoms with E-state index in [2.05, 4.69) is 15.3 Å². The minimum absolute atomic E-state index is 0.0459. The normalized spacial score (nSPS) is 25.2. The van der Waals surface area contributed by atoms with Crippen molar-refractivity contribution in [2.75, 3.05) is 12.1 Å². The van der Waals surface area contributed by atoms with Gasteiger partial charge in [0, 0.05) is 19.2 Å². The van der Waals surface area contributed by atoms with Crippen molar-refractivity contribution >= 4 is 29.7 Å². The minimum atomic E-state index is -1.24. The van der Waals surface area contributed by atoms with Gasteiger partial charge in [0.05, 0.1) is 5.92 Å². The molecule has 3 rings (SSSR count). The topological polar surface area (TPSA) is 161 Å². The molecule has 0 aromatic carbocycles. The van der Waals surface area contributed by atoms with Crippen LogP contribution < -0.4 is 11.2 Å². The van der Waals surface area contributed by atoms with Crippen molar-refractivity contribution in [1.29, 1.82) is 0 Å². The van der Waals surface area contributed by atoms with Gasteiger partial charge in [-0.05, 0) is 0 Å². The summed E-state index contributed by atoms with van der Waals surface area (Å²) < 4.78 is 22.0. The second-order valence-corrected chi connectivity index (χ2v) is 6.79. The van der Waals surface area contributed by atoms with Gasteiger partial charge in [0.25, 0.3) is 0 Å². The molecule has 1 aromatic rings. The number of hydrogen-bond acceptors (Lipinski definition) is 12. The molecule has 13 heteroatoms. The molecule has 2 saturated heterocycles. The predicted molar refractivity (Wildman–Crippen MR) is 93.4 cm³/mol. The maximum atomic E-state index is 12.4. The van der Waals surface area contributed by atoms with Gasteiger partial charge in [-0.25, -0.2) is 19.9 Å². The summed E-state index contributed by atoms with van der Waals surface area (Å²) in [5.41, 5.74) is 1.37. The zero-order valence-corrected chi connectivity index (χ0v) is 16.2. The number of anilines is 1. The fourth-order valence-corrected chi connectivity index (χ4v) is 2.80. The van der Waals surface area contributed by atoms with Crippen LogP contribution in [0.25, 0.3) is 0 Å². The van der Waals surface area contributed by atoms with Crippen LogP contribution in [-0.2, 0) is 43.0 Å². The van der Waals surface area contributed by atoms with E-state index in [1.807, 2.05) is 0 Å². The Morgan fingerprint density at radius 3 is 2.47 bits per heavy atom. The van der Waals surface area contributed by atoms with Gasteiger partial charge in [0.2, 0.25) is 0 Å². The van der Waals surface area contributed by atoms with Gasteiger partial charge >= 0.3 is 29.6 Å². The van der Waals surface area contributed by atoms with Crippen LogP contribution in [0.4, 0.5) is 5.82 Å². The third-order valence-corrected chi connectivity index (χ3v) is 4.20. The molecule has 162 valence electrons. The molecule has 1 N–H and O–H groups in total. The Labute approximate surface area is 169 Å². The molecule has 0 bridgehead atoms. The summed E-state index contributed by atoms with van der Waals surface area (Å²) in [7, 11) is 0. The summed E-state index contributed by atoms with van der Waals surface area (Å²) >= 11 is 0. The van der Waals surface area contributed by atoms with E-state index in [4.69, 9.17) is 18.9 Å². The highest BCUT2D eigenvalue weighted by molar-refractivity contribution is 6.30. The summed E-state index contributed by atoms with van der Waals surface area (Å²) in [5.74, 6) is -4.04. The third kappa shape index (κ3) is 4.40. The number of carbonyl (C=O) groups excluding carboxylic acids is 4. The lowest BCUT2D eigenvalue weighted by Gasteiger charge is -2.28. The molecule has 30 heavy (non-hydrogen) atoms. The summed E-state index contributed by atoms with van der Waals surface area (Å²) in [6.45, 7) is 4.16. The zero-order valence-electron chi connectivity index (χ0n) is 16.2. The van der Waals surface area contributed by atoms with E-state index in [0.717, 1.165) is 11.5 Å². The molecule has 2 aliphatic rings. The molecule has 13 nitrogen and oxygen atoms in total. The molecular formula is C17H19N3O10. The first kappa shape index (κ1) is 21.2. The summed E-state index contributed by atoms with van der Waals surface area (Å²) in [6, 6.07) is 1.31. The van der Waals surface area contributed by atoms with E-state index >= 15 is 0 Å². The number of carbonyl (C=O) groups is 4. The monoisotopic (exact) mass is 425 g/mol. The van der Waals surface area contributed by atoms with Crippen molar-refractivity contribution in [3.63, 3.8) is 0 Å². The summed E-state index contributed by atoms with van der Waals surface area (Å²) in [4.78, 5) is 66.5. The van der Waals surface area contributed by atoms with Crippen LogP contribution in [0.5, 0.6) is 0 Å². The highest BCUT2D eigenvalue weighted by Gasteiger charge is 2.55. The fourth-order valence-electron chi connectivity index (χ4n) is 2.80. The number of ether oxygens (including phenoxy) is 4. The average Bonchev–Trinajstić information content (AvgIpc) is 3.02. The molecule has 0 aliphatic carbocycles. The van der Waals surface area contributed by atoms with E-state index in [1.54, 1.807) is 13.8 Å². The van der Waals surface area contributed by atoms with Crippen LogP contribution in [0.3, 0.4) is 0 Å².